The molecule has 1 aliphatic rings. The number of hydrogen-bond donors (Lipinski definition) is 0. The standard InChI is InChI=1S/C18H11F4NO4/c19-17(20)25-12-5-1-10(2-6-12)9-14-16(24)27-15(23-14)11-3-7-13(8-4-11)26-18(21)22/h1-9,17-18H. The Bertz CT molecular complexity index is 877. The number of benzene rings is 2. The lowest BCUT2D eigenvalue weighted by molar-refractivity contribution is -0.129. The van der Waals surface area contributed by atoms with Crippen LogP contribution in [0.5, 0.6) is 11.5 Å². The molecule has 9 heteroatoms. The average molecular weight is 381 g/mol. The number of rotatable bonds is 6. The number of ether oxygens (including phenoxy) is 3. The first kappa shape index (κ1) is 18.4. The zero-order valence-electron chi connectivity index (χ0n) is 13.4. The van der Waals surface area contributed by atoms with Crippen LogP contribution in [0.4, 0.5) is 17.6 Å². The second-order valence-corrected chi connectivity index (χ2v) is 5.19. The zero-order chi connectivity index (χ0) is 19.4. The molecule has 3 rings (SSSR count). The fourth-order valence-electron chi connectivity index (χ4n) is 2.21. The Morgan fingerprint density at radius 2 is 1.37 bits per heavy atom. The summed E-state index contributed by atoms with van der Waals surface area (Å²) in [6.07, 6.45) is 1.41. The predicted molar refractivity (Wildman–Crippen MR) is 86.8 cm³/mol. The van der Waals surface area contributed by atoms with E-state index < -0.39 is 19.2 Å². The van der Waals surface area contributed by atoms with E-state index in [1.54, 1.807) is 0 Å². The van der Waals surface area contributed by atoms with Gasteiger partial charge in [-0.05, 0) is 48.0 Å². The topological polar surface area (TPSA) is 57.1 Å². The first-order chi connectivity index (χ1) is 12.9. The molecule has 0 radical (unpaired) electrons. The molecule has 0 spiro atoms. The van der Waals surface area contributed by atoms with Crippen molar-refractivity contribution in [3.63, 3.8) is 0 Å². The average Bonchev–Trinajstić information content (AvgIpc) is 2.97. The van der Waals surface area contributed by atoms with Crippen molar-refractivity contribution < 1.29 is 36.6 Å². The second-order valence-electron chi connectivity index (χ2n) is 5.19. The summed E-state index contributed by atoms with van der Waals surface area (Å²) < 4.78 is 62.1. The maximum Gasteiger partial charge on any atom is 0.387 e. The number of cyclic esters (lactones) is 1. The summed E-state index contributed by atoms with van der Waals surface area (Å²) in [4.78, 5) is 16.0. The maximum absolute atomic E-state index is 12.2. The monoisotopic (exact) mass is 381 g/mol. The lowest BCUT2D eigenvalue weighted by Crippen LogP contribution is -2.06. The van der Waals surface area contributed by atoms with Crippen LogP contribution in [0, 0.1) is 0 Å². The van der Waals surface area contributed by atoms with Crippen molar-refractivity contribution in [1.29, 1.82) is 0 Å². The van der Waals surface area contributed by atoms with Crippen LogP contribution in [0.25, 0.3) is 6.08 Å². The number of alkyl halides is 4. The highest BCUT2D eigenvalue weighted by molar-refractivity contribution is 6.12. The Labute approximate surface area is 150 Å². The van der Waals surface area contributed by atoms with Crippen LogP contribution in [0.15, 0.2) is 59.2 Å². The highest BCUT2D eigenvalue weighted by Crippen LogP contribution is 2.22. The van der Waals surface area contributed by atoms with Gasteiger partial charge < -0.3 is 14.2 Å². The van der Waals surface area contributed by atoms with Crippen molar-refractivity contribution in [2.24, 2.45) is 4.99 Å². The Morgan fingerprint density at radius 1 is 0.852 bits per heavy atom. The fraction of sp³-hybridized carbons (Fsp3) is 0.111. The van der Waals surface area contributed by atoms with Crippen molar-refractivity contribution >= 4 is 17.9 Å². The van der Waals surface area contributed by atoms with Crippen molar-refractivity contribution in [2.45, 2.75) is 13.2 Å². The first-order valence-corrected chi connectivity index (χ1v) is 7.53. The van der Waals surface area contributed by atoms with E-state index in [0.29, 0.717) is 11.1 Å². The zero-order valence-corrected chi connectivity index (χ0v) is 13.4. The Morgan fingerprint density at radius 3 is 1.89 bits per heavy atom. The molecule has 27 heavy (non-hydrogen) atoms. The minimum absolute atomic E-state index is 0.000403. The quantitative estimate of drug-likeness (QED) is 0.427. The van der Waals surface area contributed by atoms with Gasteiger partial charge in [-0.25, -0.2) is 9.79 Å². The van der Waals surface area contributed by atoms with Gasteiger partial charge in [0.25, 0.3) is 0 Å². The minimum atomic E-state index is -2.94. The Hall–Kier alpha value is -3.36. The molecule has 0 unspecified atom stereocenters. The summed E-state index contributed by atoms with van der Waals surface area (Å²) in [5.41, 5.74) is 0.920. The Kier molecular flexibility index (Phi) is 5.39. The molecule has 2 aromatic rings. The molecule has 0 bridgehead atoms. The minimum Gasteiger partial charge on any atom is -0.435 e. The molecule has 0 aromatic heterocycles. The first-order valence-electron chi connectivity index (χ1n) is 7.53. The molecule has 1 aliphatic heterocycles. The van der Waals surface area contributed by atoms with Crippen molar-refractivity contribution in [3.05, 3.63) is 65.4 Å². The lowest BCUT2D eigenvalue weighted by atomic mass is 10.2. The van der Waals surface area contributed by atoms with Crippen LogP contribution in [0.1, 0.15) is 11.1 Å². The number of carbonyl (C=O) groups excluding carboxylic acids is 1. The summed E-state index contributed by atoms with van der Waals surface area (Å²) in [5, 5.41) is 0. The van der Waals surface area contributed by atoms with Gasteiger partial charge in [-0.2, -0.15) is 17.6 Å². The number of aliphatic imine (C=N–C) groups is 1. The fourth-order valence-corrected chi connectivity index (χ4v) is 2.21. The largest absolute Gasteiger partial charge is 0.435 e. The Balaban J connectivity index is 1.76. The summed E-state index contributed by atoms with van der Waals surface area (Å²) in [5.74, 6) is -0.754. The molecule has 0 atom stereocenters. The molecule has 0 fully saturated rings. The molecular weight excluding hydrogens is 370 g/mol. The third-order valence-corrected chi connectivity index (χ3v) is 3.36. The molecule has 0 aliphatic carbocycles. The number of halogens is 4. The van der Waals surface area contributed by atoms with Gasteiger partial charge >= 0.3 is 19.2 Å². The molecule has 140 valence electrons. The van der Waals surface area contributed by atoms with E-state index in [2.05, 4.69) is 14.5 Å². The summed E-state index contributed by atoms with van der Waals surface area (Å²) >= 11 is 0. The number of esters is 1. The van der Waals surface area contributed by atoms with E-state index in [1.165, 1.54) is 54.6 Å². The van der Waals surface area contributed by atoms with Crippen molar-refractivity contribution in [2.75, 3.05) is 0 Å². The SMILES string of the molecule is O=C1OC(c2ccc(OC(F)F)cc2)=NC1=Cc1ccc(OC(F)F)cc1. The van der Waals surface area contributed by atoms with E-state index in [4.69, 9.17) is 4.74 Å². The van der Waals surface area contributed by atoms with E-state index in [1.807, 2.05) is 0 Å². The highest BCUT2D eigenvalue weighted by Gasteiger charge is 2.24. The maximum atomic E-state index is 12.2. The van der Waals surface area contributed by atoms with Crippen LogP contribution >= 0.6 is 0 Å². The summed E-state index contributed by atoms with van der Waals surface area (Å²) in [7, 11) is 0. The highest BCUT2D eigenvalue weighted by atomic mass is 19.3. The van der Waals surface area contributed by atoms with Gasteiger partial charge in [-0.3, -0.25) is 0 Å². The predicted octanol–water partition coefficient (Wildman–Crippen LogP) is 4.23. The summed E-state index contributed by atoms with van der Waals surface area (Å²) in [6, 6.07) is 11.0. The lowest BCUT2D eigenvalue weighted by Gasteiger charge is -2.04. The normalized spacial score (nSPS) is 15.3. The molecule has 1 heterocycles. The van der Waals surface area contributed by atoms with Crippen LogP contribution in [0.2, 0.25) is 0 Å². The summed E-state index contributed by atoms with van der Waals surface area (Å²) in [6.45, 7) is -5.87. The molecule has 5 nitrogen and oxygen atoms in total. The molecule has 0 saturated heterocycles. The third-order valence-electron chi connectivity index (χ3n) is 3.36. The van der Waals surface area contributed by atoms with E-state index in [9.17, 15) is 22.4 Å². The van der Waals surface area contributed by atoms with Gasteiger partial charge in [-0.15, -0.1) is 0 Å². The van der Waals surface area contributed by atoms with Gasteiger partial charge in [0.2, 0.25) is 5.90 Å². The van der Waals surface area contributed by atoms with Crippen LogP contribution in [-0.2, 0) is 9.53 Å². The number of nitrogens with zero attached hydrogens (tertiary/aromatic N) is 1. The molecule has 2 aromatic carbocycles. The molecule has 0 amide bonds. The van der Waals surface area contributed by atoms with Gasteiger partial charge in [-0.1, -0.05) is 12.1 Å². The van der Waals surface area contributed by atoms with Crippen LogP contribution in [-0.4, -0.2) is 25.1 Å². The van der Waals surface area contributed by atoms with Crippen LogP contribution in [0.3, 0.4) is 0 Å². The smallest absolute Gasteiger partial charge is 0.387 e. The van der Waals surface area contributed by atoms with Crippen LogP contribution < -0.4 is 9.47 Å². The van der Waals surface area contributed by atoms with Gasteiger partial charge in [0.1, 0.15) is 11.5 Å². The van der Waals surface area contributed by atoms with E-state index in [-0.39, 0.29) is 23.1 Å². The van der Waals surface area contributed by atoms with E-state index in [0.717, 1.165) is 0 Å². The number of hydrogen-bond acceptors (Lipinski definition) is 5. The van der Waals surface area contributed by atoms with E-state index >= 15 is 0 Å². The van der Waals surface area contributed by atoms with Crippen molar-refractivity contribution in [1.82, 2.24) is 0 Å². The molecular formula is C18H11F4NO4. The van der Waals surface area contributed by atoms with Gasteiger partial charge in [0, 0.05) is 5.56 Å². The molecule has 0 saturated carbocycles. The van der Waals surface area contributed by atoms with Crippen molar-refractivity contribution in [3.8, 4) is 11.5 Å². The van der Waals surface area contributed by atoms with Gasteiger partial charge in [0.05, 0.1) is 0 Å². The molecule has 0 N–H and O–H groups in total. The number of carbonyl (C=O) groups is 1. The third kappa shape index (κ3) is 4.84. The second kappa shape index (κ2) is 7.90. The van der Waals surface area contributed by atoms with Gasteiger partial charge in [0.15, 0.2) is 5.70 Å².